The maximum absolute atomic E-state index is 4.12. The molecule has 2 nitrogen and oxygen atoms in total. The predicted octanol–water partition coefficient (Wildman–Crippen LogP) is 14.6. The first-order valence-corrected chi connectivity index (χ1v) is 18.7. The van der Waals surface area contributed by atoms with Gasteiger partial charge in [-0.1, -0.05) is 150 Å². The molecular weight excluding hydrogens is 629 g/mol. The number of fused-ring (bicyclic) bond motifs is 3. The van der Waals surface area contributed by atoms with Crippen molar-refractivity contribution in [3.63, 3.8) is 0 Å². The minimum atomic E-state index is -0.0718. The molecule has 0 N–H and O–H groups in total. The largest absolute Gasteiger partial charge is 0.310 e. The Labute approximate surface area is 312 Å². The van der Waals surface area contributed by atoms with Gasteiger partial charge < -0.3 is 9.47 Å². The van der Waals surface area contributed by atoms with Gasteiger partial charge in [-0.15, -0.1) is 0 Å². The van der Waals surface area contributed by atoms with Crippen LogP contribution in [0.1, 0.15) is 60.5 Å². The van der Waals surface area contributed by atoms with Crippen LogP contribution in [0.4, 0.5) is 5.69 Å². The Hall–Kier alpha value is -5.60. The van der Waals surface area contributed by atoms with Crippen LogP contribution < -0.4 is 4.90 Å². The van der Waals surface area contributed by atoms with Crippen LogP contribution in [0.15, 0.2) is 187 Å². The van der Waals surface area contributed by atoms with Crippen molar-refractivity contribution in [3.05, 3.63) is 192 Å². The van der Waals surface area contributed by atoms with E-state index in [1.54, 1.807) is 0 Å². The monoisotopic (exact) mass is 682 g/mol. The van der Waals surface area contributed by atoms with Crippen molar-refractivity contribution in [2.75, 3.05) is 4.90 Å². The standard InChI is InChI=1S/C25H19N.C23H29N.C2H6/c1-18-12-14-24-22(16-18)23-17-20(19-8-4-2-5-9-19)13-15-25(23)26(24)21-10-6-3-7-11-21;1-7-14-21-19(9-3)23(5,6)20(10-4)22(15-8-2)24(21)18-16-12-11-13-17-18;1-2/h2-17H,1H3;7,9-17H,3,8H2,1-2,4-6H3;1-2H3/b;14-7-,20-10+,22-15+;. The third-order valence-corrected chi connectivity index (χ3v) is 9.65. The summed E-state index contributed by atoms with van der Waals surface area (Å²) < 4.78 is 2.36. The molecule has 6 aromatic rings. The van der Waals surface area contributed by atoms with E-state index in [-0.39, 0.29) is 5.41 Å². The second-order valence-corrected chi connectivity index (χ2v) is 13.3. The van der Waals surface area contributed by atoms with E-state index in [2.05, 4.69) is 209 Å². The van der Waals surface area contributed by atoms with Crippen molar-refractivity contribution in [3.8, 4) is 16.8 Å². The predicted molar refractivity (Wildman–Crippen MR) is 229 cm³/mol. The highest BCUT2D eigenvalue weighted by atomic mass is 15.2. The average Bonchev–Trinajstić information content (AvgIpc) is 3.50. The van der Waals surface area contributed by atoms with Gasteiger partial charge in [0, 0.05) is 39.0 Å². The summed E-state index contributed by atoms with van der Waals surface area (Å²) in [5.41, 5.74) is 13.7. The van der Waals surface area contributed by atoms with E-state index < -0.39 is 0 Å². The minimum Gasteiger partial charge on any atom is -0.310 e. The number of aryl methyl sites for hydroxylation is 1. The smallest absolute Gasteiger partial charge is 0.0541 e. The van der Waals surface area contributed by atoms with Crippen LogP contribution in [0.5, 0.6) is 0 Å². The summed E-state index contributed by atoms with van der Waals surface area (Å²) >= 11 is 0. The number of anilines is 1. The van der Waals surface area contributed by atoms with Crippen molar-refractivity contribution >= 4 is 27.5 Å². The minimum absolute atomic E-state index is 0.0718. The Morgan fingerprint density at radius 2 is 1.23 bits per heavy atom. The molecule has 2 heterocycles. The van der Waals surface area contributed by atoms with Crippen molar-refractivity contribution in [2.45, 2.75) is 61.8 Å². The van der Waals surface area contributed by atoms with Crippen LogP contribution in [0.2, 0.25) is 0 Å². The van der Waals surface area contributed by atoms with Gasteiger partial charge in [0.1, 0.15) is 0 Å². The zero-order valence-corrected chi connectivity index (χ0v) is 32.3. The van der Waals surface area contributed by atoms with Gasteiger partial charge in [-0.3, -0.25) is 0 Å². The topological polar surface area (TPSA) is 8.17 Å². The molecule has 0 saturated heterocycles. The summed E-state index contributed by atoms with van der Waals surface area (Å²) in [5, 5.41) is 2.61. The van der Waals surface area contributed by atoms with Gasteiger partial charge in [-0.25, -0.2) is 0 Å². The number of allylic oxidation sites excluding steroid dienone is 7. The lowest BCUT2D eigenvalue weighted by molar-refractivity contribution is 0.534. The molecule has 1 aliphatic rings. The Balaban J connectivity index is 0.000000193. The average molecular weight is 683 g/mol. The number of rotatable bonds is 6. The SMILES string of the molecule is C=CC1=C(/C=C\C)N(c2ccccc2)C(=C/CC)/C(=C\C)C1(C)C.CC.Cc1ccc2c(c1)c1cc(-c3ccccc3)ccc1n2-c1ccccc1. The highest BCUT2D eigenvalue weighted by Crippen LogP contribution is 2.49. The van der Waals surface area contributed by atoms with Crippen LogP contribution in [0.25, 0.3) is 38.6 Å². The molecule has 2 heteroatoms. The molecular formula is C50H54N2. The highest BCUT2D eigenvalue weighted by molar-refractivity contribution is 6.10. The Morgan fingerprint density at radius 3 is 1.79 bits per heavy atom. The lowest BCUT2D eigenvalue weighted by Crippen LogP contribution is -2.36. The summed E-state index contributed by atoms with van der Waals surface area (Å²) in [6.45, 7) is 21.2. The van der Waals surface area contributed by atoms with Crippen molar-refractivity contribution < 1.29 is 0 Å². The van der Waals surface area contributed by atoms with E-state index in [1.165, 1.54) is 72.4 Å². The van der Waals surface area contributed by atoms with E-state index >= 15 is 0 Å². The second kappa shape index (κ2) is 17.1. The summed E-state index contributed by atoms with van der Waals surface area (Å²) in [6.07, 6.45) is 11.9. The normalized spacial score (nSPS) is 15.5. The quantitative estimate of drug-likeness (QED) is 0.170. The van der Waals surface area contributed by atoms with E-state index in [9.17, 15) is 0 Å². The van der Waals surface area contributed by atoms with Gasteiger partial charge in [0.2, 0.25) is 0 Å². The second-order valence-electron chi connectivity index (χ2n) is 13.3. The highest BCUT2D eigenvalue weighted by Gasteiger charge is 2.38. The third kappa shape index (κ3) is 7.39. The maximum Gasteiger partial charge on any atom is 0.0541 e. The number of aromatic nitrogens is 1. The van der Waals surface area contributed by atoms with Crippen molar-refractivity contribution in [1.29, 1.82) is 0 Å². The molecule has 1 aliphatic heterocycles. The van der Waals surface area contributed by atoms with Crippen LogP contribution in [-0.4, -0.2) is 4.57 Å². The number of hydrogen-bond acceptors (Lipinski definition) is 1. The molecule has 1 aromatic heterocycles. The molecule has 0 amide bonds. The Bertz CT molecular complexity index is 2240. The number of para-hydroxylation sites is 2. The van der Waals surface area contributed by atoms with Crippen LogP contribution in [0.3, 0.4) is 0 Å². The maximum atomic E-state index is 4.12. The molecule has 0 spiro atoms. The van der Waals surface area contributed by atoms with Gasteiger partial charge in [0.05, 0.1) is 11.0 Å². The summed E-state index contributed by atoms with van der Waals surface area (Å²) in [6, 6.07) is 45.3. The summed E-state index contributed by atoms with van der Waals surface area (Å²) in [5.74, 6) is 0. The van der Waals surface area contributed by atoms with E-state index in [0.717, 1.165) is 6.42 Å². The van der Waals surface area contributed by atoms with E-state index in [0.29, 0.717) is 0 Å². The fraction of sp³-hybridized carbons (Fsp3) is 0.200. The van der Waals surface area contributed by atoms with Crippen molar-refractivity contribution in [1.82, 2.24) is 4.57 Å². The Morgan fingerprint density at radius 1 is 0.673 bits per heavy atom. The fourth-order valence-electron chi connectivity index (χ4n) is 7.40. The van der Waals surface area contributed by atoms with Gasteiger partial charge in [-0.2, -0.15) is 0 Å². The molecule has 0 aliphatic carbocycles. The van der Waals surface area contributed by atoms with Gasteiger partial charge >= 0.3 is 0 Å². The lowest BCUT2D eigenvalue weighted by Gasteiger charge is -2.44. The van der Waals surface area contributed by atoms with E-state index in [4.69, 9.17) is 0 Å². The molecule has 0 bridgehead atoms. The molecule has 0 fully saturated rings. The van der Waals surface area contributed by atoms with Gasteiger partial charge in [0.25, 0.3) is 0 Å². The molecule has 52 heavy (non-hydrogen) atoms. The third-order valence-electron chi connectivity index (χ3n) is 9.65. The number of benzene rings is 5. The summed E-state index contributed by atoms with van der Waals surface area (Å²) in [4.78, 5) is 2.36. The van der Waals surface area contributed by atoms with Crippen molar-refractivity contribution in [2.24, 2.45) is 5.41 Å². The molecule has 7 rings (SSSR count). The molecule has 5 aromatic carbocycles. The first-order chi connectivity index (χ1) is 25.3. The van der Waals surface area contributed by atoms with Gasteiger partial charge in [-0.05, 0) is 104 Å². The molecule has 0 unspecified atom stereocenters. The van der Waals surface area contributed by atoms with Crippen LogP contribution in [-0.2, 0) is 0 Å². The zero-order valence-electron chi connectivity index (χ0n) is 32.3. The zero-order chi connectivity index (χ0) is 37.3. The molecule has 264 valence electrons. The van der Waals surface area contributed by atoms with Crippen LogP contribution >= 0.6 is 0 Å². The molecule has 0 atom stereocenters. The lowest BCUT2D eigenvalue weighted by atomic mass is 9.71. The molecule has 0 radical (unpaired) electrons. The number of nitrogens with zero attached hydrogens (tertiary/aromatic N) is 2. The van der Waals surface area contributed by atoms with Crippen LogP contribution in [0, 0.1) is 12.3 Å². The van der Waals surface area contributed by atoms with Gasteiger partial charge in [0.15, 0.2) is 0 Å². The molecule has 0 saturated carbocycles. The first-order valence-electron chi connectivity index (χ1n) is 18.7. The first kappa shape index (κ1) is 37.7. The fourth-order valence-corrected chi connectivity index (χ4v) is 7.40. The van der Waals surface area contributed by atoms with E-state index in [1.807, 2.05) is 19.9 Å². The Kier molecular flexibility index (Phi) is 12.4. The number of hydrogen-bond donors (Lipinski definition) is 0. The summed E-state index contributed by atoms with van der Waals surface area (Å²) in [7, 11) is 0.